The van der Waals surface area contributed by atoms with Crippen molar-refractivity contribution in [2.24, 2.45) is 0 Å². The number of hydrogen-bond acceptors (Lipinski definition) is 5. The van der Waals surface area contributed by atoms with Crippen molar-refractivity contribution in [3.63, 3.8) is 0 Å². The molecule has 2 aromatic carbocycles. The lowest BCUT2D eigenvalue weighted by atomic mass is 9.71. The van der Waals surface area contributed by atoms with Crippen molar-refractivity contribution in [3.05, 3.63) is 113 Å². The lowest BCUT2D eigenvalue weighted by Gasteiger charge is -2.37. The van der Waals surface area contributed by atoms with Gasteiger partial charge in [-0.15, -0.1) is 0 Å². The summed E-state index contributed by atoms with van der Waals surface area (Å²) in [5.74, 6) is 0.194. The number of carbonyl (C=O) groups excluding carboxylic acids is 2. The van der Waals surface area contributed by atoms with E-state index in [-0.39, 0.29) is 17.6 Å². The summed E-state index contributed by atoms with van der Waals surface area (Å²) in [5.41, 5.74) is 5.49. The highest BCUT2D eigenvalue weighted by molar-refractivity contribution is 6.09. The maximum absolute atomic E-state index is 13.7. The van der Waals surface area contributed by atoms with E-state index in [2.05, 4.69) is 27.8 Å². The first kappa shape index (κ1) is 23.5. The summed E-state index contributed by atoms with van der Waals surface area (Å²) in [6.07, 6.45) is 4.39. The Morgan fingerprint density at radius 2 is 1.81 bits per heavy atom. The molecule has 0 bridgehead atoms. The van der Waals surface area contributed by atoms with Gasteiger partial charge in [0, 0.05) is 41.1 Å². The van der Waals surface area contributed by atoms with Crippen LogP contribution < -0.4 is 15.4 Å². The Morgan fingerprint density at radius 3 is 2.50 bits per heavy atom. The number of allylic oxidation sites excluding steroid dienone is 3. The van der Waals surface area contributed by atoms with E-state index in [1.165, 1.54) is 0 Å². The summed E-state index contributed by atoms with van der Waals surface area (Å²) < 4.78 is 5.62. The van der Waals surface area contributed by atoms with Gasteiger partial charge in [-0.3, -0.25) is 14.6 Å². The van der Waals surface area contributed by atoms with Crippen LogP contribution in [0, 0.1) is 0 Å². The van der Waals surface area contributed by atoms with E-state index >= 15 is 0 Å². The zero-order chi connectivity index (χ0) is 25.1. The summed E-state index contributed by atoms with van der Waals surface area (Å²) in [7, 11) is 0. The Balaban J connectivity index is 1.55. The van der Waals surface area contributed by atoms with E-state index in [0.717, 1.165) is 28.3 Å². The van der Waals surface area contributed by atoms with Crippen LogP contribution in [-0.2, 0) is 9.59 Å². The molecule has 2 unspecified atom stereocenters. The molecule has 1 amide bonds. The Bertz CT molecular complexity index is 1330. The lowest BCUT2D eigenvalue weighted by Crippen LogP contribution is -2.37. The van der Waals surface area contributed by atoms with Gasteiger partial charge in [-0.05, 0) is 61.6 Å². The number of amides is 1. The molecule has 0 spiro atoms. The molecule has 0 fully saturated rings. The van der Waals surface area contributed by atoms with Gasteiger partial charge < -0.3 is 15.4 Å². The number of pyridine rings is 1. The van der Waals surface area contributed by atoms with Crippen LogP contribution in [0.2, 0.25) is 0 Å². The molecule has 1 aromatic heterocycles. The third-order valence-corrected chi connectivity index (χ3v) is 6.79. The smallest absolute Gasteiger partial charge is 0.254 e. The van der Waals surface area contributed by atoms with Gasteiger partial charge in [0.15, 0.2) is 5.78 Å². The third-order valence-electron chi connectivity index (χ3n) is 6.79. The second-order valence-corrected chi connectivity index (χ2v) is 9.13. The van der Waals surface area contributed by atoms with E-state index in [9.17, 15) is 9.59 Å². The molecule has 3 aromatic rings. The van der Waals surface area contributed by atoms with Crippen molar-refractivity contribution in [1.29, 1.82) is 0 Å². The van der Waals surface area contributed by atoms with Crippen LogP contribution in [0.4, 0.5) is 5.69 Å². The number of hydrogen-bond donors (Lipinski definition) is 2. The number of benzene rings is 2. The number of anilines is 1. The van der Waals surface area contributed by atoms with Gasteiger partial charge in [-0.1, -0.05) is 42.5 Å². The highest BCUT2D eigenvalue weighted by Gasteiger charge is 2.40. The Kier molecular flexibility index (Phi) is 6.67. The first-order valence-electron chi connectivity index (χ1n) is 12.3. The monoisotopic (exact) mass is 479 g/mol. The maximum Gasteiger partial charge on any atom is 0.254 e. The number of aromatic nitrogens is 1. The van der Waals surface area contributed by atoms with E-state index in [4.69, 9.17) is 4.74 Å². The van der Waals surface area contributed by atoms with Crippen LogP contribution in [-0.4, -0.2) is 23.3 Å². The average molecular weight is 480 g/mol. The molecule has 36 heavy (non-hydrogen) atoms. The molecule has 6 nitrogen and oxygen atoms in total. The number of nitrogens with zero attached hydrogens (tertiary/aromatic N) is 1. The molecule has 182 valence electrons. The predicted molar refractivity (Wildman–Crippen MR) is 140 cm³/mol. The Hall–Kier alpha value is -4.19. The molecular formula is C30H29N3O3. The van der Waals surface area contributed by atoms with Crippen molar-refractivity contribution >= 4 is 17.4 Å². The average Bonchev–Trinajstić information content (AvgIpc) is 2.89. The van der Waals surface area contributed by atoms with Crippen LogP contribution in [0.5, 0.6) is 5.75 Å². The van der Waals surface area contributed by atoms with E-state index in [0.29, 0.717) is 36.3 Å². The molecule has 0 radical (unpaired) electrons. The van der Waals surface area contributed by atoms with Gasteiger partial charge in [-0.25, -0.2) is 0 Å². The normalized spacial score (nSPS) is 19.4. The molecule has 2 aliphatic rings. The topological polar surface area (TPSA) is 80.3 Å². The van der Waals surface area contributed by atoms with Gasteiger partial charge in [0.1, 0.15) is 5.75 Å². The van der Waals surface area contributed by atoms with Crippen LogP contribution in [0.25, 0.3) is 0 Å². The summed E-state index contributed by atoms with van der Waals surface area (Å²) in [6.45, 7) is 4.41. The first-order valence-corrected chi connectivity index (χ1v) is 12.3. The Morgan fingerprint density at radius 1 is 1.03 bits per heavy atom. The lowest BCUT2D eigenvalue weighted by molar-refractivity contribution is -0.116. The predicted octanol–water partition coefficient (Wildman–Crippen LogP) is 5.48. The Labute approximate surface area is 211 Å². The van der Waals surface area contributed by atoms with Crippen molar-refractivity contribution in [1.82, 2.24) is 10.3 Å². The molecule has 1 aliphatic heterocycles. The van der Waals surface area contributed by atoms with Gasteiger partial charge in [0.25, 0.3) is 5.91 Å². The summed E-state index contributed by atoms with van der Waals surface area (Å²) >= 11 is 0. The van der Waals surface area contributed by atoms with Crippen molar-refractivity contribution < 1.29 is 14.3 Å². The minimum atomic E-state index is -0.474. The van der Waals surface area contributed by atoms with Crippen molar-refractivity contribution in [3.8, 4) is 5.75 Å². The fraction of sp³-hybridized carbons (Fsp3) is 0.233. The number of carbonyl (C=O) groups is 2. The first-order chi connectivity index (χ1) is 17.5. The van der Waals surface area contributed by atoms with E-state index in [1.807, 2.05) is 56.3 Å². The van der Waals surface area contributed by atoms with E-state index < -0.39 is 5.92 Å². The molecule has 2 atom stereocenters. The summed E-state index contributed by atoms with van der Waals surface area (Å²) in [5, 5.41) is 6.39. The standard InChI is InChI=1S/C30H29N3O3/c1-3-36-24-13-11-21(12-14-24)28-27(30(35)33-23-10-7-15-31-18-23)19(2)32-25-16-22(17-26(34)29(25)28)20-8-5-4-6-9-20/h4-15,18,22,28,32H,3,16-17H2,1-2H3,(H,33,35). The van der Waals surface area contributed by atoms with Crippen LogP contribution in [0.15, 0.2) is 102 Å². The summed E-state index contributed by atoms with van der Waals surface area (Å²) in [6, 6.07) is 21.4. The zero-order valence-electron chi connectivity index (χ0n) is 20.5. The number of ketones is 1. The molecular weight excluding hydrogens is 450 g/mol. The molecule has 6 heteroatoms. The minimum absolute atomic E-state index is 0.0654. The third kappa shape index (κ3) is 4.67. The van der Waals surface area contributed by atoms with Crippen LogP contribution in [0.3, 0.4) is 0 Å². The number of ether oxygens (including phenoxy) is 1. The van der Waals surface area contributed by atoms with Gasteiger partial charge in [0.2, 0.25) is 0 Å². The quantitative estimate of drug-likeness (QED) is 0.489. The van der Waals surface area contributed by atoms with Gasteiger partial charge in [-0.2, -0.15) is 0 Å². The second kappa shape index (κ2) is 10.2. The molecule has 1 aliphatic carbocycles. The number of Topliss-reactive ketones (excluding diaryl/α,β-unsaturated/α-hetero) is 1. The SMILES string of the molecule is CCOc1ccc(C2C(C(=O)Nc3cccnc3)=C(C)NC3=C2C(=O)CC(c2ccccc2)C3)cc1. The molecule has 0 saturated carbocycles. The zero-order valence-corrected chi connectivity index (χ0v) is 20.5. The summed E-state index contributed by atoms with van der Waals surface area (Å²) in [4.78, 5) is 31.4. The number of dihydropyridines is 1. The van der Waals surface area contributed by atoms with E-state index in [1.54, 1.807) is 24.5 Å². The highest BCUT2D eigenvalue weighted by Crippen LogP contribution is 2.45. The molecule has 5 rings (SSSR count). The van der Waals surface area contributed by atoms with Gasteiger partial charge >= 0.3 is 0 Å². The molecule has 2 heterocycles. The number of rotatable bonds is 6. The van der Waals surface area contributed by atoms with Crippen LogP contribution in [0.1, 0.15) is 49.7 Å². The van der Waals surface area contributed by atoms with Crippen molar-refractivity contribution in [2.45, 2.75) is 38.5 Å². The van der Waals surface area contributed by atoms with Crippen LogP contribution >= 0.6 is 0 Å². The minimum Gasteiger partial charge on any atom is -0.494 e. The second-order valence-electron chi connectivity index (χ2n) is 9.13. The van der Waals surface area contributed by atoms with Crippen molar-refractivity contribution in [2.75, 3.05) is 11.9 Å². The number of nitrogens with one attached hydrogen (secondary N) is 2. The molecule has 2 N–H and O–H groups in total. The highest BCUT2D eigenvalue weighted by atomic mass is 16.5. The fourth-order valence-electron chi connectivity index (χ4n) is 5.19. The van der Waals surface area contributed by atoms with Gasteiger partial charge in [0.05, 0.1) is 18.5 Å². The largest absolute Gasteiger partial charge is 0.494 e. The fourth-order valence-corrected chi connectivity index (χ4v) is 5.19. The molecule has 0 saturated heterocycles. The maximum atomic E-state index is 13.7.